The van der Waals surface area contributed by atoms with Gasteiger partial charge in [0.15, 0.2) is 12.4 Å². The van der Waals surface area contributed by atoms with Crippen molar-refractivity contribution in [1.82, 2.24) is 0 Å². The van der Waals surface area contributed by atoms with Crippen LogP contribution in [0.25, 0.3) is 0 Å². The van der Waals surface area contributed by atoms with Gasteiger partial charge in [0.1, 0.15) is 0 Å². The van der Waals surface area contributed by atoms with Gasteiger partial charge in [-0.1, -0.05) is 64.7 Å². The average molecular weight is 292 g/mol. The molecule has 1 rings (SSSR count). The third-order valence-corrected chi connectivity index (χ3v) is 3.89. The first-order chi connectivity index (χ1) is 10.3. The Morgan fingerprint density at radius 1 is 0.905 bits per heavy atom. The number of ether oxygens (including phenoxy) is 1. The molecule has 0 saturated heterocycles. The molecule has 0 aliphatic heterocycles. The maximum absolute atomic E-state index is 5.71. The van der Waals surface area contributed by atoms with E-state index in [1.54, 1.807) is 0 Å². The summed E-state index contributed by atoms with van der Waals surface area (Å²) in [6.45, 7) is 5.95. The third kappa shape index (κ3) is 10.5. The van der Waals surface area contributed by atoms with Crippen molar-refractivity contribution in [3.8, 4) is 0 Å². The van der Waals surface area contributed by atoms with Gasteiger partial charge in [-0.3, -0.25) is 0 Å². The number of hydrogen-bond donors (Lipinski definition) is 0. The van der Waals surface area contributed by atoms with E-state index in [1.165, 1.54) is 69.8 Å². The summed E-state index contributed by atoms with van der Waals surface area (Å²) < 4.78 is 7.81. The van der Waals surface area contributed by atoms with Crippen LogP contribution in [0.5, 0.6) is 0 Å². The van der Waals surface area contributed by atoms with Crippen LogP contribution in [0.1, 0.15) is 76.7 Å². The van der Waals surface area contributed by atoms with E-state index in [9.17, 15) is 0 Å². The van der Waals surface area contributed by atoms with E-state index in [4.69, 9.17) is 4.74 Å². The molecular formula is C19H34NO+. The fourth-order valence-electron chi connectivity index (χ4n) is 2.59. The summed E-state index contributed by atoms with van der Waals surface area (Å²) in [5, 5.41) is 0. The SMILES string of the molecule is CCCCCCCCCCCCOC[n+]1cccc(C)c1. The second-order valence-corrected chi connectivity index (χ2v) is 6.11. The number of nitrogens with zero attached hydrogens (tertiary/aromatic N) is 1. The van der Waals surface area contributed by atoms with Crippen molar-refractivity contribution in [3.05, 3.63) is 30.1 Å². The molecule has 0 bridgehead atoms. The Hall–Kier alpha value is -0.890. The number of hydrogen-bond acceptors (Lipinski definition) is 1. The van der Waals surface area contributed by atoms with Gasteiger partial charge in [0.2, 0.25) is 0 Å². The highest BCUT2D eigenvalue weighted by Gasteiger charge is 1.99. The van der Waals surface area contributed by atoms with Crippen LogP contribution in [-0.2, 0) is 11.5 Å². The van der Waals surface area contributed by atoms with Gasteiger partial charge < -0.3 is 4.74 Å². The molecule has 2 nitrogen and oxygen atoms in total. The van der Waals surface area contributed by atoms with Gasteiger partial charge in [0, 0.05) is 11.6 Å². The maximum atomic E-state index is 5.71. The van der Waals surface area contributed by atoms with Gasteiger partial charge in [-0.25, -0.2) is 0 Å². The lowest BCUT2D eigenvalue weighted by atomic mass is 10.1. The van der Waals surface area contributed by atoms with Crippen molar-refractivity contribution in [2.45, 2.75) is 84.8 Å². The summed E-state index contributed by atoms with van der Waals surface area (Å²) in [6.07, 6.45) is 17.9. The topological polar surface area (TPSA) is 13.1 Å². The fraction of sp³-hybridized carbons (Fsp3) is 0.737. The molecule has 21 heavy (non-hydrogen) atoms. The standard InChI is InChI=1S/C19H34NO/c1-3-4-5-6-7-8-9-10-11-12-16-21-18-20-15-13-14-19(2)17-20/h13-15,17H,3-12,16,18H2,1-2H3/q+1. The van der Waals surface area contributed by atoms with E-state index < -0.39 is 0 Å². The van der Waals surface area contributed by atoms with Crippen molar-refractivity contribution in [3.63, 3.8) is 0 Å². The first kappa shape index (κ1) is 18.2. The number of pyridine rings is 1. The average Bonchev–Trinajstić information content (AvgIpc) is 2.48. The molecule has 2 heteroatoms. The van der Waals surface area contributed by atoms with E-state index >= 15 is 0 Å². The fourth-order valence-corrected chi connectivity index (χ4v) is 2.59. The predicted octanol–water partition coefficient (Wildman–Crippen LogP) is 5.18. The summed E-state index contributed by atoms with van der Waals surface area (Å²) >= 11 is 0. The maximum Gasteiger partial charge on any atom is 0.252 e. The van der Waals surface area contributed by atoms with Crippen LogP contribution < -0.4 is 4.57 Å². The monoisotopic (exact) mass is 292 g/mol. The van der Waals surface area contributed by atoms with Crippen molar-refractivity contribution < 1.29 is 9.30 Å². The number of aryl methyl sites for hydroxylation is 1. The Morgan fingerprint density at radius 3 is 2.14 bits per heavy atom. The zero-order valence-electron chi connectivity index (χ0n) is 14.2. The molecule has 0 spiro atoms. The molecule has 0 saturated carbocycles. The van der Waals surface area contributed by atoms with Crippen LogP contribution in [0.15, 0.2) is 24.5 Å². The second-order valence-electron chi connectivity index (χ2n) is 6.11. The highest BCUT2D eigenvalue weighted by atomic mass is 16.5. The molecule has 1 aromatic rings. The summed E-state index contributed by atoms with van der Waals surface area (Å²) in [6, 6.07) is 4.18. The van der Waals surface area contributed by atoms with Gasteiger partial charge in [-0.05, 0) is 19.4 Å². The van der Waals surface area contributed by atoms with E-state index in [-0.39, 0.29) is 0 Å². The molecular weight excluding hydrogens is 258 g/mol. The van der Waals surface area contributed by atoms with Gasteiger partial charge in [-0.2, -0.15) is 4.57 Å². The van der Waals surface area contributed by atoms with E-state index in [2.05, 4.69) is 42.9 Å². The summed E-state index contributed by atoms with van der Waals surface area (Å²) in [5.41, 5.74) is 1.28. The van der Waals surface area contributed by atoms with Crippen LogP contribution in [0.4, 0.5) is 0 Å². The van der Waals surface area contributed by atoms with Crippen LogP contribution in [0, 0.1) is 6.92 Å². The van der Waals surface area contributed by atoms with Crippen LogP contribution in [0.3, 0.4) is 0 Å². The smallest absolute Gasteiger partial charge is 0.252 e. The van der Waals surface area contributed by atoms with Crippen molar-refractivity contribution in [1.29, 1.82) is 0 Å². The molecule has 0 N–H and O–H groups in total. The minimum Gasteiger partial charge on any atom is -0.323 e. The summed E-state index contributed by atoms with van der Waals surface area (Å²) in [7, 11) is 0. The zero-order valence-corrected chi connectivity index (χ0v) is 14.2. The van der Waals surface area contributed by atoms with Gasteiger partial charge in [0.05, 0.1) is 6.61 Å². The van der Waals surface area contributed by atoms with Gasteiger partial charge >= 0.3 is 0 Å². The van der Waals surface area contributed by atoms with E-state index in [1.807, 2.05) is 0 Å². The molecule has 0 radical (unpaired) electrons. The molecule has 0 fully saturated rings. The molecule has 0 aliphatic carbocycles. The molecule has 0 atom stereocenters. The Balaban J connectivity index is 1.82. The third-order valence-electron chi connectivity index (χ3n) is 3.89. The van der Waals surface area contributed by atoms with Gasteiger partial charge in [0.25, 0.3) is 6.73 Å². The lowest BCUT2D eigenvalue weighted by molar-refractivity contribution is -0.733. The lowest BCUT2D eigenvalue weighted by Crippen LogP contribution is -2.34. The van der Waals surface area contributed by atoms with Crippen LogP contribution in [0.2, 0.25) is 0 Å². The number of rotatable bonds is 13. The van der Waals surface area contributed by atoms with Crippen LogP contribution in [-0.4, -0.2) is 6.61 Å². The highest BCUT2D eigenvalue weighted by Crippen LogP contribution is 2.10. The molecule has 0 aliphatic rings. The summed E-state index contributed by atoms with van der Waals surface area (Å²) in [4.78, 5) is 0. The van der Waals surface area contributed by atoms with E-state index in [0.717, 1.165) is 6.61 Å². The van der Waals surface area contributed by atoms with Crippen LogP contribution >= 0.6 is 0 Å². The lowest BCUT2D eigenvalue weighted by Gasteiger charge is -2.03. The molecule has 120 valence electrons. The predicted molar refractivity (Wildman–Crippen MR) is 89.2 cm³/mol. The largest absolute Gasteiger partial charge is 0.323 e. The number of aromatic nitrogens is 1. The van der Waals surface area contributed by atoms with Crippen molar-refractivity contribution in [2.24, 2.45) is 0 Å². The molecule has 1 aromatic heterocycles. The molecule has 0 unspecified atom stereocenters. The number of unbranched alkanes of at least 4 members (excludes halogenated alkanes) is 9. The Kier molecular flexibility index (Phi) is 11.1. The first-order valence-electron chi connectivity index (χ1n) is 8.86. The molecule has 0 aromatic carbocycles. The first-order valence-corrected chi connectivity index (χ1v) is 8.86. The molecule has 0 amide bonds. The normalized spacial score (nSPS) is 11.0. The van der Waals surface area contributed by atoms with Crippen molar-refractivity contribution in [2.75, 3.05) is 6.61 Å². The minimum absolute atomic E-state index is 0.680. The van der Waals surface area contributed by atoms with Crippen molar-refractivity contribution >= 4 is 0 Å². The zero-order chi connectivity index (χ0) is 15.2. The minimum atomic E-state index is 0.680. The van der Waals surface area contributed by atoms with Gasteiger partial charge in [-0.15, -0.1) is 0 Å². The van der Waals surface area contributed by atoms with E-state index in [0.29, 0.717) is 6.73 Å². The Bertz CT molecular complexity index is 351. The quantitative estimate of drug-likeness (QED) is 0.361. The summed E-state index contributed by atoms with van der Waals surface area (Å²) in [5.74, 6) is 0. The Labute approximate surface area is 131 Å². The highest BCUT2D eigenvalue weighted by molar-refractivity contribution is 5.01. The Morgan fingerprint density at radius 2 is 1.52 bits per heavy atom. The molecule has 1 heterocycles. The second kappa shape index (κ2) is 12.8.